The van der Waals surface area contributed by atoms with E-state index in [-0.39, 0.29) is 5.91 Å². The van der Waals surface area contributed by atoms with Crippen molar-refractivity contribution < 1.29 is 9.90 Å². The number of aromatic nitrogens is 2. The van der Waals surface area contributed by atoms with Gasteiger partial charge in [0.15, 0.2) is 5.01 Å². The monoisotopic (exact) mass is 324 g/mol. The zero-order chi connectivity index (χ0) is 14.8. The largest absolute Gasteiger partial charge is 0.392 e. The molecule has 1 aromatic heterocycles. The van der Waals surface area contributed by atoms with Gasteiger partial charge in [0.05, 0.1) is 17.2 Å². The van der Waals surface area contributed by atoms with Crippen molar-refractivity contribution in [3.8, 4) is 10.6 Å². The third-order valence-electron chi connectivity index (χ3n) is 3.18. The van der Waals surface area contributed by atoms with Crippen LogP contribution in [0.1, 0.15) is 6.42 Å². The zero-order valence-electron chi connectivity index (χ0n) is 10.9. The van der Waals surface area contributed by atoms with Gasteiger partial charge in [-0.3, -0.25) is 10.1 Å². The molecule has 2 heterocycles. The van der Waals surface area contributed by atoms with Crippen molar-refractivity contribution >= 4 is 34.0 Å². The fourth-order valence-electron chi connectivity index (χ4n) is 2.13. The van der Waals surface area contributed by atoms with Crippen molar-refractivity contribution in [3.05, 3.63) is 29.3 Å². The number of nitrogens with zero attached hydrogens (tertiary/aromatic N) is 2. The van der Waals surface area contributed by atoms with Gasteiger partial charge in [-0.1, -0.05) is 41.1 Å². The number of carbonyl (C=O) groups is 1. The van der Waals surface area contributed by atoms with Crippen LogP contribution < -0.4 is 10.6 Å². The first-order valence-electron chi connectivity index (χ1n) is 6.44. The average molecular weight is 325 g/mol. The van der Waals surface area contributed by atoms with Gasteiger partial charge in [0.25, 0.3) is 0 Å². The molecule has 1 amide bonds. The first-order valence-corrected chi connectivity index (χ1v) is 7.63. The van der Waals surface area contributed by atoms with E-state index in [1.54, 1.807) is 6.07 Å². The van der Waals surface area contributed by atoms with Gasteiger partial charge in [0, 0.05) is 12.1 Å². The van der Waals surface area contributed by atoms with Gasteiger partial charge >= 0.3 is 0 Å². The van der Waals surface area contributed by atoms with E-state index < -0.39 is 12.1 Å². The number of benzene rings is 1. The molecule has 0 unspecified atom stereocenters. The summed E-state index contributed by atoms with van der Waals surface area (Å²) in [6.45, 7) is 0.430. The predicted octanol–water partition coefficient (Wildman–Crippen LogP) is 1.52. The molecule has 110 valence electrons. The Balaban J connectivity index is 1.71. The lowest BCUT2D eigenvalue weighted by molar-refractivity contribution is -0.117. The molecule has 3 rings (SSSR count). The molecule has 8 heteroatoms. The summed E-state index contributed by atoms with van der Waals surface area (Å²) in [6, 6.07) is 6.94. The summed E-state index contributed by atoms with van der Waals surface area (Å²) in [6.07, 6.45) is -0.0731. The van der Waals surface area contributed by atoms with Gasteiger partial charge in [-0.05, 0) is 12.5 Å². The Morgan fingerprint density at radius 2 is 2.24 bits per heavy atom. The van der Waals surface area contributed by atoms with E-state index in [0.29, 0.717) is 28.1 Å². The molecule has 3 N–H and O–H groups in total. The van der Waals surface area contributed by atoms with Crippen molar-refractivity contribution in [3.63, 3.8) is 0 Å². The Labute approximate surface area is 130 Å². The molecule has 0 aliphatic carbocycles. The summed E-state index contributed by atoms with van der Waals surface area (Å²) in [5, 5.41) is 24.7. The molecular weight excluding hydrogens is 312 g/mol. The van der Waals surface area contributed by atoms with Gasteiger partial charge in [0.2, 0.25) is 11.0 Å². The maximum atomic E-state index is 12.0. The highest BCUT2D eigenvalue weighted by atomic mass is 35.5. The summed E-state index contributed by atoms with van der Waals surface area (Å²) in [5.41, 5.74) is 0.784. The van der Waals surface area contributed by atoms with Crippen LogP contribution in [-0.2, 0) is 4.79 Å². The molecule has 1 fully saturated rings. The number of halogens is 1. The number of β-amino-alcohol motifs (C(OH)–C–C–N with tert-alkyl or cyclic N) is 1. The van der Waals surface area contributed by atoms with Crippen molar-refractivity contribution in [1.29, 1.82) is 0 Å². The number of hydrogen-bond acceptors (Lipinski definition) is 6. The van der Waals surface area contributed by atoms with E-state index >= 15 is 0 Å². The molecule has 0 saturated carbocycles. The van der Waals surface area contributed by atoms with E-state index in [4.69, 9.17) is 11.6 Å². The van der Waals surface area contributed by atoms with Crippen LogP contribution in [-0.4, -0.2) is 39.9 Å². The summed E-state index contributed by atoms with van der Waals surface area (Å²) < 4.78 is 0. The molecule has 0 radical (unpaired) electrons. The number of rotatable bonds is 3. The Morgan fingerprint density at radius 1 is 1.43 bits per heavy atom. The lowest BCUT2D eigenvalue weighted by Crippen LogP contribution is -2.35. The Kier molecular flexibility index (Phi) is 4.16. The minimum Gasteiger partial charge on any atom is -0.392 e. The number of anilines is 1. The Morgan fingerprint density at radius 3 is 2.95 bits per heavy atom. The molecule has 1 saturated heterocycles. The SMILES string of the molecule is O=C(Nc1nnc(-c2ccccc2Cl)s1)[C@H]1C[C@@H](O)CN1. The highest BCUT2D eigenvalue weighted by Gasteiger charge is 2.28. The normalized spacial score (nSPS) is 21.4. The summed E-state index contributed by atoms with van der Waals surface area (Å²) in [5.74, 6) is -0.214. The molecule has 6 nitrogen and oxygen atoms in total. The summed E-state index contributed by atoms with van der Waals surface area (Å²) in [4.78, 5) is 12.0. The number of amides is 1. The Bertz CT molecular complexity index is 663. The maximum absolute atomic E-state index is 12.0. The van der Waals surface area contributed by atoms with E-state index in [0.717, 1.165) is 5.56 Å². The smallest absolute Gasteiger partial charge is 0.243 e. The molecule has 21 heavy (non-hydrogen) atoms. The molecule has 1 aromatic carbocycles. The highest BCUT2D eigenvalue weighted by Crippen LogP contribution is 2.31. The lowest BCUT2D eigenvalue weighted by Gasteiger charge is -2.07. The van der Waals surface area contributed by atoms with Crippen LogP contribution in [0.15, 0.2) is 24.3 Å². The van der Waals surface area contributed by atoms with Gasteiger partial charge in [0.1, 0.15) is 0 Å². The van der Waals surface area contributed by atoms with E-state index in [1.165, 1.54) is 11.3 Å². The van der Waals surface area contributed by atoms with Gasteiger partial charge in [-0.15, -0.1) is 10.2 Å². The number of hydrogen-bond donors (Lipinski definition) is 3. The van der Waals surface area contributed by atoms with Crippen molar-refractivity contribution in [2.24, 2.45) is 0 Å². The van der Waals surface area contributed by atoms with Crippen molar-refractivity contribution in [1.82, 2.24) is 15.5 Å². The molecule has 2 aromatic rings. The van der Waals surface area contributed by atoms with Gasteiger partial charge < -0.3 is 10.4 Å². The van der Waals surface area contributed by atoms with Crippen LogP contribution in [0.4, 0.5) is 5.13 Å². The number of nitrogens with one attached hydrogen (secondary N) is 2. The zero-order valence-corrected chi connectivity index (χ0v) is 12.5. The maximum Gasteiger partial charge on any atom is 0.243 e. The van der Waals surface area contributed by atoms with Crippen molar-refractivity contribution in [2.75, 3.05) is 11.9 Å². The minimum atomic E-state index is -0.478. The molecule has 2 atom stereocenters. The second-order valence-corrected chi connectivity index (χ2v) is 6.12. The fraction of sp³-hybridized carbons (Fsp3) is 0.308. The minimum absolute atomic E-state index is 0.214. The average Bonchev–Trinajstić information content (AvgIpc) is 3.08. The van der Waals surface area contributed by atoms with Gasteiger partial charge in [-0.25, -0.2) is 0 Å². The quantitative estimate of drug-likeness (QED) is 0.797. The highest BCUT2D eigenvalue weighted by molar-refractivity contribution is 7.18. The van der Waals surface area contributed by atoms with Crippen LogP contribution in [0.25, 0.3) is 10.6 Å². The third-order valence-corrected chi connectivity index (χ3v) is 4.39. The first kappa shape index (κ1) is 14.4. The second kappa shape index (κ2) is 6.07. The van der Waals surface area contributed by atoms with Crippen LogP contribution in [0, 0.1) is 0 Å². The topological polar surface area (TPSA) is 87.1 Å². The van der Waals surface area contributed by atoms with Crippen LogP contribution >= 0.6 is 22.9 Å². The molecule has 0 spiro atoms. The summed E-state index contributed by atoms with van der Waals surface area (Å²) >= 11 is 7.37. The van der Waals surface area contributed by atoms with E-state index in [2.05, 4.69) is 20.8 Å². The number of aliphatic hydroxyl groups is 1. The first-order chi connectivity index (χ1) is 10.1. The van der Waals surface area contributed by atoms with Crippen LogP contribution in [0.5, 0.6) is 0 Å². The molecule has 1 aliphatic rings. The van der Waals surface area contributed by atoms with Crippen molar-refractivity contribution in [2.45, 2.75) is 18.6 Å². The van der Waals surface area contributed by atoms with Gasteiger partial charge in [-0.2, -0.15) is 0 Å². The predicted molar refractivity (Wildman–Crippen MR) is 81.4 cm³/mol. The van der Waals surface area contributed by atoms with Crippen LogP contribution in [0.3, 0.4) is 0 Å². The molecule has 1 aliphatic heterocycles. The lowest BCUT2D eigenvalue weighted by atomic mass is 10.2. The number of aliphatic hydroxyl groups excluding tert-OH is 1. The number of carbonyl (C=O) groups excluding carboxylic acids is 1. The standard InChI is InChI=1S/C13H13ClN4O2S/c14-9-4-2-1-3-8(9)12-17-18-13(21-12)16-11(20)10-5-7(19)6-15-10/h1-4,7,10,15,19H,5-6H2,(H,16,18,20)/t7-,10-/m1/s1. The molecule has 0 bridgehead atoms. The van der Waals surface area contributed by atoms with Crippen LogP contribution in [0.2, 0.25) is 5.02 Å². The summed E-state index contributed by atoms with van der Waals surface area (Å²) in [7, 11) is 0. The third kappa shape index (κ3) is 3.21. The second-order valence-electron chi connectivity index (χ2n) is 4.73. The fourth-order valence-corrected chi connectivity index (χ4v) is 3.19. The molecular formula is C13H13ClN4O2S. The Hall–Kier alpha value is -1.54. The van der Waals surface area contributed by atoms with E-state index in [9.17, 15) is 9.90 Å². The van der Waals surface area contributed by atoms with E-state index in [1.807, 2.05) is 18.2 Å².